The largest absolute Gasteiger partial charge is 0.456 e. The van der Waals surface area contributed by atoms with Gasteiger partial charge in [0.2, 0.25) is 5.91 Å². The number of rotatable bonds is 11. The van der Waals surface area contributed by atoms with Crippen molar-refractivity contribution in [3.05, 3.63) is 94.6 Å². The molecule has 2 saturated heterocycles. The van der Waals surface area contributed by atoms with Crippen LogP contribution in [0.2, 0.25) is 0 Å². The van der Waals surface area contributed by atoms with Crippen LogP contribution in [0.15, 0.2) is 83.5 Å². The third-order valence-corrected chi connectivity index (χ3v) is 14.7. The maximum Gasteiger partial charge on any atom is 0.338 e. The monoisotopic (exact) mass is 921 g/mol. The molecule has 0 radical (unpaired) electrons. The predicted molar refractivity (Wildman–Crippen MR) is 228 cm³/mol. The molecule has 1 unspecified atom stereocenters. The topological polar surface area (TPSA) is 274 Å². The number of carbonyl (C=O) groups is 5. The van der Waals surface area contributed by atoms with E-state index in [1.165, 1.54) is 39.8 Å². The highest BCUT2D eigenvalue weighted by Crippen LogP contribution is 2.65. The van der Waals surface area contributed by atoms with Crippen molar-refractivity contribution in [2.24, 2.45) is 16.7 Å². The van der Waals surface area contributed by atoms with Gasteiger partial charge in [0.25, 0.3) is 0 Å². The van der Waals surface area contributed by atoms with Gasteiger partial charge in [-0.3, -0.25) is 14.4 Å². The first-order chi connectivity index (χ1) is 31.0. The van der Waals surface area contributed by atoms with E-state index in [9.17, 15) is 49.8 Å². The van der Waals surface area contributed by atoms with Crippen molar-refractivity contribution >= 4 is 29.6 Å². The number of aliphatic hydroxyl groups excluding tert-OH is 5. The van der Waals surface area contributed by atoms with E-state index in [1.807, 2.05) is 0 Å². The summed E-state index contributed by atoms with van der Waals surface area (Å²) in [6.45, 7) is 9.42. The van der Waals surface area contributed by atoms with Gasteiger partial charge in [0, 0.05) is 30.8 Å². The molecule has 7 N–H and O–H groups in total. The molecule has 15 atom stereocenters. The molecule has 2 aliphatic heterocycles. The van der Waals surface area contributed by atoms with Crippen LogP contribution in [-0.2, 0) is 47.6 Å². The van der Waals surface area contributed by atoms with Crippen LogP contribution in [0.25, 0.3) is 0 Å². The molecule has 2 aromatic rings. The van der Waals surface area contributed by atoms with Gasteiger partial charge < -0.3 is 64.4 Å². The third kappa shape index (κ3) is 8.09. The summed E-state index contributed by atoms with van der Waals surface area (Å²) in [5.41, 5.74) is -7.49. The molecule has 0 aromatic heterocycles. The summed E-state index contributed by atoms with van der Waals surface area (Å²) in [5, 5.41) is 72.6. The quantitative estimate of drug-likeness (QED) is 0.0724. The van der Waals surface area contributed by atoms with Crippen molar-refractivity contribution in [1.82, 2.24) is 5.32 Å². The highest BCUT2D eigenvalue weighted by molar-refractivity contribution is 5.95. The smallest absolute Gasteiger partial charge is 0.338 e. The maximum atomic E-state index is 15.7. The van der Waals surface area contributed by atoms with Gasteiger partial charge in [-0.25, -0.2) is 9.59 Å². The molecular weight excluding hydrogens is 863 g/mol. The number of aliphatic hydroxyl groups is 6. The molecule has 5 aliphatic rings. The molecule has 0 spiro atoms. The molecule has 2 bridgehead atoms. The average molecular weight is 922 g/mol. The molecule has 2 aromatic carbocycles. The van der Waals surface area contributed by atoms with E-state index >= 15 is 4.79 Å². The Morgan fingerprint density at radius 3 is 2.14 bits per heavy atom. The fourth-order valence-electron chi connectivity index (χ4n) is 10.7. The Hall–Kier alpha value is -4.89. The second-order valence-corrected chi connectivity index (χ2v) is 18.7. The van der Waals surface area contributed by atoms with E-state index in [4.69, 9.17) is 28.4 Å². The SMILES string of the molecule is C/C=C(\C)C(=O)N[C@@H](c1ccccc1)[C@@H](O)C(=O)O[C@H]1C[C@@]2(O)[C@@H](OC(=O)c3ccccc3)[C@@H]3[C@]4(OC(C)=O)CO[C@@H]4C[C@H](OC4OC[C@@H](O)[C@H](O)[C@H]4O)[C@@]3(C)C(=O)[C@H](O)C(=C1C)C2(C)C. The molecule has 18 heteroatoms. The highest BCUT2D eigenvalue weighted by Gasteiger charge is 2.78. The van der Waals surface area contributed by atoms with Crippen molar-refractivity contribution in [3.63, 3.8) is 0 Å². The van der Waals surface area contributed by atoms with Crippen LogP contribution in [0.5, 0.6) is 0 Å². The number of fused-ring (bicyclic) bond motifs is 5. The minimum absolute atomic E-state index is 0.0304. The highest BCUT2D eigenvalue weighted by atomic mass is 16.7. The maximum absolute atomic E-state index is 15.7. The number of ketones is 1. The van der Waals surface area contributed by atoms with Gasteiger partial charge in [0.15, 0.2) is 23.8 Å². The van der Waals surface area contributed by atoms with E-state index < -0.39 is 138 Å². The van der Waals surface area contributed by atoms with E-state index in [2.05, 4.69) is 5.32 Å². The summed E-state index contributed by atoms with van der Waals surface area (Å²) in [7, 11) is 0. The zero-order chi connectivity index (χ0) is 48.3. The lowest BCUT2D eigenvalue weighted by molar-refractivity contribution is -0.366. The van der Waals surface area contributed by atoms with Crippen molar-refractivity contribution in [1.29, 1.82) is 0 Å². The molecule has 66 heavy (non-hydrogen) atoms. The van der Waals surface area contributed by atoms with Gasteiger partial charge >= 0.3 is 17.9 Å². The zero-order valence-electron chi connectivity index (χ0n) is 37.8. The van der Waals surface area contributed by atoms with Crippen molar-refractivity contribution in [2.45, 2.75) is 140 Å². The van der Waals surface area contributed by atoms with Crippen molar-refractivity contribution in [3.8, 4) is 0 Å². The Morgan fingerprint density at radius 2 is 1.55 bits per heavy atom. The first-order valence-electron chi connectivity index (χ1n) is 22.0. The average Bonchev–Trinajstić information content (AvgIpc) is 3.28. The van der Waals surface area contributed by atoms with Gasteiger partial charge in [0.05, 0.1) is 42.3 Å². The minimum Gasteiger partial charge on any atom is -0.456 e. The molecule has 2 heterocycles. The third-order valence-electron chi connectivity index (χ3n) is 14.7. The van der Waals surface area contributed by atoms with Gasteiger partial charge in [-0.2, -0.15) is 0 Å². The second-order valence-electron chi connectivity index (χ2n) is 18.7. The fourth-order valence-corrected chi connectivity index (χ4v) is 10.7. The van der Waals surface area contributed by atoms with E-state index in [-0.39, 0.29) is 29.7 Å². The van der Waals surface area contributed by atoms with E-state index in [0.717, 1.165) is 6.92 Å². The number of carbonyl (C=O) groups excluding carboxylic acids is 5. The van der Waals surface area contributed by atoms with Crippen LogP contribution in [0.1, 0.15) is 83.3 Å². The summed E-state index contributed by atoms with van der Waals surface area (Å²) in [5.74, 6) is -6.24. The van der Waals surface area contributed by atoms with Crippen LogP contribution < -0.4 is 5.32 Å². The number of hydrogen-bond acceptors (Lipinski definition) is 17. The summed E-state index contributed by atoms with van der Waals surface area (Å²) in [4.78, 5) is 70.7. The van der Waals surface area contributed by atoms with Crippen LogP contribution in [0.3, 0.4) is 0 Å². The first kappa shape index (κ1) is 49.0. The number of Topliss-reactive ketones (excluding diaryl/α,β-unsaturated/α-hetero) is 1. The standard InChI is InChI=1S/C48H59NO17/c1-8-23(2)41(57)49-33(26-15-11-9-12-16-26)36(54)43(59)63-29-20-48(60)40(65-42(58)27-17-13-10-14-18-27)38-46(7,39(56)35(53)32(24(29)3)45(48,5)6)30(19-31-47(38,22-62-31)66-25(4)50)64-44-37(55)34(52)28(51)21-61-44/h8-18,28-31,33-38,40,44,51-55,60H,19-22H2,1-7H3,(H,49,57)/b23-8+/t28-,29+,30+,31-,33+,34+,35-,36-,37-,38+,40+,44?,46-,47+,48-/m1/s1. The molecule has 1 amide bonds. The number of nitrogens with one attached hydrogen (secondary N) is 1. The number of allylic oxidation sites excluding steroid dienone is 1. The Balaban J connectivity index is 1.39. The lowest BCUT2D eigenvalue weighted by Crippen LogP contribution is -2.82. The first-order valence-corrected chi connectivity index (χ1v) is 22.0. The molecule has 4 fully saturated rings. The zero-order valence-corrected chi connectivity index (χ0v) is 37.8. The number of amides is 1. The van der Waals surface area contributed by atoms with Crippen LogP contribution in [-0.4, -0.2) is 146 Å². The molecule has 358 valence electrons. The second kappa shape index (κ2) is 18.3. The fraction of sp³-hybridized carbons (Fsp3) is 0.562. The molecular formula is C48H59NO17. The number of benzene rings is 2. The Labute approximate surface area is 381 Å². The summed E-state index contributed by atoms with van der Waals surface area (Å²) >= 11 is 0. The Bertz CT molecular complexity index is 2270. The van der Waals surface area contributed by atoms with Crippen LogP contribution in [0.4, 0.5) is 0 Å². The van der Waals surface area contributed by atoms with E-state index in [0.29, 0.717) is 11.1 Å². The number of esters is 3. The van der Waals surface area contributed by atoms with Gasteiger partial charge in [-0.15, -0.1) is 0 Å². The van der Waals surface area contributed by atoms with Gasteiger partial charge in [-0.1, -0.05) is 68.5 Å². The van der Waals surface area contributed by atoms with Gasteiger partial charge in [0.1, 0.15) is 48.3 Å². The van der Waals surface area contributed by atoms with Crippen LogP contribution in [0, 0.1) is 16.7 Å². The summed E-state index contributed by atoms with van der Waals surface area (Å²) in [6, 6.07) is 14.6. The molecule has 7 rings (SSSR count). The Kier molecular flexibility index (Phi) is 13.6. The number of hydrogen-bond donors (Lipinski definition) is 7. The minimum atomic E-state index is -2.46. The predicted octanol–water partition coefficient (Wildman–Crippen LogP) is 1.28. The van der Waals surface area contributed by atoms with Crippen molar-refractivity contribution < 1.29 is 83.0 Å². The van der Waals surface area contributed by atoms with Crippen molar-refractivity contribution in [2.75, 3.05) is 13.2 Å². The summed E-state index contributed by atoms with van der Waals surface area (Å²) in [6.07, 6.45) is -16.1. The molecule has 2 saturated carbocycles. The number of ether oxygens (including phenoxy) is 6. The molecule has 3 aliphatic carbocycles. The Morgan fingerprint density at radius 1 is 0.909 bits per heavy atom. The summed E-state index contributed by atoms with van der Waals surface area (Å²) < 4.78 is 36.7. The van der Waals surface area contributed by atoms with Gasteiger partial charge in [-0.05, 0) is 56.5 Å². The lowest BCUT2D eigenvalue weighted by Gasteiger charge is -2.68. The van der Waals surface area contributed by atoms with E-state index in [1.54, 1.807) is 68.5 Å². The lowest BCUT2D eigenvalue weighted by atomic mass is 9.44. The normalized spacial score (nSPS) is 37.0. The van der Waals surface area contributed by atoms with Crippen LogP contribution >= 0.6 is 0 Å². The molecule has 18 nitrogen and oxygen atoms in total.